The molecule has 1 aromatic rings. The van der Waals surface area contributed by atoms with Crippen LogP contribution in [0.3, 0.4) is 0 Å². The molecule has 0 bridgehead atoms. The van der Waals surface area contributed by atoms with Crippen LogP contribution in [0.4, 0.5) is 4.39 Å². The zero-order valence-electron chi connectivity index (χ0n) is 9.71. The van der Waals surface area contributed by atoms with Crippen molar-refractivity contribution in [3.63, 3.8) is 0 Å². The molecule has 1 aliphatic rings. The Labute approximate surface area is 100 Å². The van der Waals surface area contributed by atoms with E-state index in [9.17, 15) is 9.18 Å². The van der Waals surface area contributed by atoms with Crippen molar-refractivity contribution >= 4 is 5.91 Å². The lowest BCUT2D eigenvalue weighted by molar-refractivity contribution is -0.126. The molecular formula is C13H17FN2O. The van der Waals surface area contributed by atoms with Gasteiger partial charge in [-0.1, -0.05) is 31.0 Å². The number of amides is 1. The lowest BCUT2D eigenvalue weighted by atomic mass is 9.98. The standard InChI is InChI=1S/C13H17FN2O/c14-11-6-2-1-5-10(11)9-16-12(17)13(15)7-3-4-8-13/h1-2,5-6H,3-4,7-9,15H2,(H,16,17). The van der Waals surface area contributed by atoms with E-state index in [4.69, 9.17) is 5.73 Å². The van der Waals surface area contributed by atoms with E-state index >= 15 is 0 Å². The molecular weight excluding hydrogens is 219 g/mol. The average Bonchev–Trinajstić information content (AvgIpc) is 2.76. The number of halogens is 1. The van der Waals surface area contributed by atoms with Crippen LogP contribution in [0.25, 0.3) is 0 Å². The van der Waals surface area contributed by atoms with Gasteiger partial charge in [0.2, 0.25) is 5.91 Å². The van der Waals surface area contributed by atoms with Crippen molar-refractivity contribution in [1.29, 1.82) is 0 Å². The molecule has 2 rings (SSSR count). The lowest BCUT2D eigenvalue weighted by Gasteiger charge is -2.22. The molecule has 17 heavy (non-hydrogen) atoms. The van der Waals surface area contributed by atoms with Crippen LogP contribution >= 0.6 is 0 Å². The average molecular weight is 236 g/mol. The van der Waals surface area contributed by atoms with Crippen molar-refractivity contribution in [2.24, 2.45) is 5.73 Å². The number of carbonyl (C=O) groups is 1. The summed E-state index contributed by atoms with van der Waals surface area (Å²) in [4.78, 5) is 11.9. The highest BCUT2D eigenvalue weighted by Gasteiger charge is 2.36. The molecule has 0 unspecified atom stereocenters. The highest BCUT2D eigenvalue weighted by molar-refractivity contribution is 5.86. The number of rotatable bonds is 3. The third kappa shape index (κ3) is 2.64. The molecule has 0 aliphatic heterocycles. The number of nitrogens with one attached hydrogen (secondary N) is 1. The first-order chi connectivity index (χ1) is 8.12. The van der Waals surface area contributed by atoms with Crippen molar-refractivity contribution in [3.8, 4) is 0 Å². The fourth-order valence-corrected chi connectivity index (χ4v) is 2.23. The first kappa shape index (κ1) is 12.0. The maximum absolute atomic E-state index is 13.3. The van der Waals surface area contributed by atoms with Crippen molar-refractivity contribution in [2.75, 3.05) is 0 Å². The molecule has 92 valence electrons. The maximum Gasteiger partial charge on any atom is 0.240 e. The summed E-state index contributed by atoms with van der Waals surface area (Å²) in [7, 11) is 0. The van der Waals surface area contributed by atoms with Gasteiger partial charge in [0, 0.05) is 12.1 Å². The van der Waals surface area contributed by atoms with Crippen LogP contribution in [0.15, 0.2) is 24.3 Å². The molecule has 4 heteroatoms. The Morgan fingerprint density at radius 2 is 2.00 bits per heavy atom. The van der Waals surface area contributed by atoms with E-state index in [1.165, 1.54) is 6.07 Å². The van der Waals surface area contributed by atoms with Gasteiger partial charge in [0.05, 0.1) is 5.54 Å². The fraction of sp³-hybridized carbons (Fsp3) is 0.462. The summed E-state index contributed by atoms with van der Waals surface area (Å²) < 4.78 is 13.3. The molecule has 1 saturated carbocycles. The van der Waals surface area contributed by atoms with E-state index in [1.54, 1.807) is 18.2 Å². The molecule has 1 amide bonds. The first-order valence-corrected chi connectivity index (χ1v) is 5.92. The number of hydrogen-bond acceptors (Lipinski definition) is 2. The molecule has 1 aliphatic carbocycles. The van der Waals surface area contributed by atoms with E-state index in [1.807, 2.05) is 0 Å². The van der Waals surface area contributed by atoms with Crippen LogP contribution in [-0.4, -0.2) is 11.4 Å². The van der Waals surface area contributed by atoms with E-state index in [2.05, 4.69) is 5.32 Å². The van der Waals surface area contributed by atoms with E-state index in [0.717, 1.165) is 25.7 Å². The smallest absolute Gasteiger partial charge is 0.240 e. The molecule has 0 atom stereocenters. The molecule has 0 heterocycles. The molecule has 3 nitrogen and oxygen atoms in total. The van der Waals surface area contributed by atoms with E-state index < -0.39 is 5.54 Å². The molecule has 3 N–H and O–H groups in total. The molecule has 0 saturated heterocycles. The minimum atomic E-state index is -0.745. The molecule has 0 radical (unpaired) electrons. The molecule has 1 fully saturated rings. The van der Waals surface area contributed by atoms with Gasteiger partial charge >= 0.3 is 0 Å². The second-order valence-electron chi connectivity index (χ2n) is 4.64. The number of benzene rings is 1. The van der Waals surface area contributed by atoms with Gasteiger partial charge in [-0.2, -0.15) is 0 Å². The van der Waals surface area contributed by atoms with Crippen molar-refractivity contribution < 1.29 is 9.18 Å². The second-order valence-corrected chi connectivity index (χ2v) is 4.64. The fourth-order valence-electron chi connectivity index (χ4n) is 2.23. The quantitative estimate of drug-likeness (QED) is 0.839. The number of carbonyl (C=O) groups excluding carboxylic acids is 1. The van der Waals surface area contributed by atoms with Crippen molar-refractivity contribution in [1.82, 2.24) is 5.32 Å². The predicted octanol–water partition coefficient (Wildman–Crippen LogP) is 1.71. The van der Waals surface area contributed by atoms with Gasteiger partial charge in [-0.15, -0.1) is 0 Å². The van der Waals surface area contributed by atoms with Gasteiger partial charge in [0.15, 0.2) is 0 Å². The normalized spacial score (nSPS) is 18.0. The summed E-state index contributed by atoms with van der Waals surface area (Å²) >= 11 is 0. The lowest BCUT2D eigenvalue weighted by Crippen LogP contribution is -2.51. The highest BCUT2D eigenvalue weighted by atomic mass is 19.1. The van der Waals surface area contributed by atoms with Gasteiger partial charge in [-0.05, 0) is 18.9 Å². The topological polar surface area (TPSA) is 55.1 Å². The van der Waals surface area contributed by atoms with Crippen LogP contribution in [-0.2, 0) is 11.3 Å². The van der Waals surface area contributed by atoms with Gasteiger partial charge in [-0.3, -0.25) is 4.79 Å². The Morgan fingerprint density at radius 3 is 2.65 bits per heavy atom. The summed E-state index contributed by atoms with van der Waals surface area (Å²) in [6, 6.07) is 6.42. The Kier molecular flexibility index (Phi) is 3.43. The third-order valence-electron chi connectivity index (χ3n) is 3.35. The van der Waals surface area contributed by atoms with Crippen LogP contribution < -0.4 is 11.1 Å². The minimum absolute atomic E-state index is 0.168. The summed E-state index contributed by atoms with van der Waals surface area (Å²) in [5.74, 6) is -0.469. The Hall–Kier alpha value is -1.42. The first-order valence-electron chi connectivity index (χ1n) is 5.92. The van der Waals surface area contributed by atoms with Crippen LogP contribution in [0.1, 0.15) is 31.2 Å². The van der Waals surface area contributed by atoms with Crippen molar-refractivity contribution in [3.05, 3.63) is 35.6 Å². The summed E-state index contributed by atoms with van der Waals surface area (Å²) in [5, 5.41) is 2.72. The van der Waals surface area contributed by atoms with Gasteiger partial charge in [-0.25, -0.2) is 4.39 Å². The molecule has 0 aromatic heterocycles. The minimum Gasteiger partial charge on any atom is -0.350 e. The summed E-state index contributed by atoms with van der Waals surface area (Å²) in [6.45, 7) is 0.199. The zero-order chi connectivity index (χ0) is 12.3. The monoisotopic (exact) mass is 236 g/mol. The number of nitrogens with two attached hydrogens (primary N) is 1. The van der Waals surface area contributed by atoms with E-state index in [-0.39, 0.29) is 18.3 Å². The highest BCUT2D eigenvalue weighted by Crippen LogP contribution is 2.27. The Balaban J connectivity index is 1.94. The molecule has 1 aromatic carbocycles. The predicted molar refractivity (Wildman–Crippen MR) is 63.6 cm³/mol. The summed E-state index contributed by atoms with van der Waals surface area (Å²) in [5.41, 5.74) is 5.74. The third-order valence-corrected chi connectivity index (χ3v) is 3.35. The van der Waals surface area contributed by atoms with Gasteiger partial charge in [0.1, 0.15) is 5.82 Å². The second kappa shape index (κ2) is 4.84. The van der Waals surface area contributed by atoms with Gasteiger partial charge in [0.25, 0.3) is 0 Å². The van der Waals surface area contributed by atoms with Gasteiger partial charge < -0.3 is 11.1 Å². The molecule has 0 spiro atoms. The largest absolute Gasteiger partial charge is 0.350 e. The SMILES string of the molecule is NC1(C(=O)NCc2ccccc2F)CCCC1. The van der Waals surface area contributed by atoms with Crippen LogP contribution in [0.5, 0.6) is 0 Å². The maximum atomic E-state index is 13.3. The van der Waals surface area contributed by atoms with E-state index in [0.29, 0.717) is 5.56 Å². The zero-order valence-corrected chi connectivity index (χ0v) is 9.71. The Morgan fingerprint density at radius 1 is 1.35 bits per heavy atom. The van der Waals surface area contributed by atoms with Crippen molar-refractivity contribution in [2.45, 2.75) is 37.8 Å². The Bertz CT molecular complexity index is 414. The van der Waals surface area contributed by atoms with Crippen LogP contribution in [0.2, 0.25) is 0 Å². The van der Waals surface area contributed by atoms with Crippen LogP contribution in [0, 0.1) is 5.82 Å². The number of hydrogen-bond donors (Lipinski definition) is 2. The summed E-state index contributed by atoms with van der Waals surface area (Å²) in [6.07, 6.45) is 3.42.